The minimum absolute atomic E-state index is 0.109. The standard InChI is InChI=1S/C18H32N2O/c1-8-10-15-11-14(13-19-17(3,4)5)12-16(20-15)21-18(6,7)9-2/h11-12,19H,8-10,13H2,1-7H3. The molecule has 1 rings (SSSR count). The third kappa shape index (κ3) is 6.94. The van der Waals surface area contributed by atoms with Crippen LogP contribution in [0.5, 0.6) is 5.88 Å². The summed E-state index contributed by atoms with van der Waals surface area (Å²) in [7, 11) is 0. The highest BCUT2D eigenvalue weighted by molar-refractivity contribution is 5.26. The number of aromatic nitrogens is 1. The first-order chi connectivity index (χ1) is 9.65. The zero-order valence-corrected chi connectivity index (χ0v) is 14.8. The van der Waals surface area contributed by atoms with Gasteiger partial charge in [-0.1, -0.05) is 20.3 Å². The van der Waals surface area contributed by atoms with E-state index >= 15 is 0 Å². The predicted octanol–water partition coefficient (Wildman–Crippen LogP) is 4.49. The Kier molecular flexibility index (Phi) is 6.21. The lowest BCUT2D eigenvalue weighted by atomic mass is 10.1. The molecular formula is C18H32N2O. The molecule has 0 saturated carbocycles. The molecule has 1 heterocycles. The number of ether oxygens (including phenoxy) is 1. The monoisotopic (exact) mass is 292 g/mol. The molecule has 0 saturated heterocycles. The summed E-state index contributed by atoms with van der Waals surface area (Å²) in [6.45, 7) is 15.9. The quantitative estimate of drug-likeness (QED) is 0.804. The van der Waals surface area contributed by atoms with Gasteiger partial charge in [0.15, 0.2) is 0 Å². The Balaban J connectivity index is 2.94. The molecule has 0 fully saturated rings. The van der Waals surface area contributed by atoms with Crippen molar-refractivity contribution in [3.63, 3.8) is 0 Å². The summed E-state index contributed by atoms with van der Waals surface area (Å²) >= 11 is 0. The summed E-state index contributed by atoms with van der Waals surface area (Å²) in [5, 5.41) is 3.53. The molecule has 0 aliphatic rings. The van der Waals surface area contributed by atoms with Crippen LogP contribution in [0.2, 0.25) is 0 Å². The van der Waals surface area contributed by atoms with Crippen molar-refractivity contribution in [2.24, 2.45) is 0 Å². The molecule has 120 valence electrons. The third-order valence-electron chi connectivity index (χ3n) is 3.48. The molecular weight excluding hydrogens is 260 g/mol. The highest BCUT2D eigenvalue weighted by atomic mass is 16.5. The van der Waals surface area contributed by atoms with Crippen LogP contribution in [0.3, 0.4) is 0 Å². The summed E-state index contributed by atoms with van der Waals surface area (Å²) in [6, 6.07) is 4.25. The van der Waals surface area contributed by atoms with Gasteiger partial charge in [0, 0.05) is 23.8 Å². The number of pyridine rings is 1. The lowest BCUT2D eigenvalue weighted by Crippen LogP contribution is -2.35. The molecule has 21 heavy (non-hydrogen) atoms. The van der Waals surface area contributed by atoms with Crippen LogP contribution in [0.1, 0.15) is 72.6 Å². The van der Waals surface area contributed by atoms with Crippen molar-refractivity contribution in [2.75, 3.05) is 0 Å². The Morgan fingerprint density at radius 1 is 1.10 bits per heavy atom. The van der Waals surface area contributed by atoms with E-state index in [0.717, 1.165) is 37.4 Å². The summed E-state index contributed by atoms with van der Waals surface area (Å²) in [5.41, 5.74) is 2.29. The zero-order valence-electron chi connectivity index (χ0n) is 14.8. The minimum Gasteiger partial charge on any atom is -0.472 e. The largest absolute Gasteiger partial charge is 0.472 e. The van der Waals surface area contributed by atoms with E-state index in [4.69, 9.17) is 4.74 Å². The molecule has 1 aromatic rings. The number of hydrogen-bond donors (Lipinski definition) is 1. The van der Waals surface area contributed by atoms with E-state index in [0.29, 0.717) is 0 Å². The number of nitrogens with zero attached hydrogens (tertiary/aromatic N) is 1. The Morgan fingerprint density at radius 2 is 1.76 bits per heavy atom. The van der Waals surface area contributed by atoms with Crippen LogP contribution in [0.4, 0.5) is 0 Å². The lowest BCUT2D eigenvalue weighted by molar-refractivity contribution is 0.0986. The fourth-order valence-electron chi connectivity index (χ4n) is 1.88. The minimum atomic E-state index is -0.174. The molecule has 0 amide bonds. The van der Waals surface area contributed by atoms with Crippen molar-refractivity contribution in [1.29, 1.82) is 0 Å². The molecule has 0 aliphatic heterocycles. The topological polar surface area (TPSA) is 34.1 Å². The molecule has 0 atom stereocenters. The fraction of sp³-hybridized carbons (Fsp3) is 0.722. The van der Waals surface area contributed by atoms with Gasteiger partial charge in [-0.2, -0.15) is 0 Å². The molecule has 1 aromatic heterocycles. The van der Waals surface area contributed by atoms with Gasteiger partial charge in [0.25, 0.3) is 0 Å². The van der Waals surface area contributed by atoms with Crippen LogP contribution < -0.4 is 10.1 Å². The van der Waals surface area contributed by atoms with Crippen molar-refractivity contribution < 1.29 is 4.74 Å². The van der Waals surface area contributed by atoms with Gasteiger partial charge in [0.05, 0.1) is 0 Å². The van der Waals surface area contributed by atoms with E-state index in [2.05, 4.69) is 70.9 Å². The molecule has 1 N–H and O–H groups in total. The predicted molar refractivity (Wildman–Crippen MR) is 89.8 cm³/mol. The fourth-order valence-corrected chi connectivity index (χ4v) is 1.88. The summed E-state index contributed by atoms with van der Waals surface area (Å²) < 4.78 is 6.07. The van der Waals surface area contributed by atoms with E-state index < -0.39 is 0 Å². The van der Waals surface area contributed by atoms with E-state index in [1.807, 2.05) is 0 Å². The second-order valence-electron chi connectivity index (χ2n) is 7.37. The molecule has 0 spiro atoms. The van der Waals surface area contributed by atoms with Crippen LogP contribution in [0, 0.1) is 0 Å². The van der Waals surface area contributed by atoms with E-state index in [1.54, 1.807) is 0 Å². The number of hydrogen-bond acceptors (Lipinski definition) is 3. The van der Waals surface area contributed by atoms with Crippen molar-refractivity contribution >= 4 is 0 Å². The highest BCUT2D eigenvalue weighted by Gasteiger charge is 2.18. The molecule has 0 radical (unpaired) electrons. The van der Waals surface area contributed by atoms with Gasteiger partial charge in [-0.25, -0.2) is 4.98 Å². The Labute approximate surface area is 130 Å². The molecule has 0 aromatic carbocycles. The van der Waals surface area contributed by atoms with Gasteiger partial charge in [-0.15, -0.1) is 0 Å². The average molecular weight is 292 g/mol. The highest BCUT2D eigenvalue weighted by Crippen LogP contribution is 2.21. The number of nitrogens with one attached hydrogen (secondary N) is 1. The van der Waals surface area contributed by atoms with Crippen LogP contribution in [-0.2, 0) is 13.0 Å². The summed E-state index contributed by atoms with van der Waals surface area (Å²) in [4.78, 5) is 4.65. The van der Waals surface area contributed by atoms with Crippen molar-refractivity contribution in [3.05, 3.63) is 23.4 Å². The van der Waals surface area contributed by atoms with Gasteiger partial charge in [0.2, 0.25) is 5.88 Å². The zero-order chi connectivity index (χ0) is 16.1. The lowest BCUT2D eigenvalue weighted by Gasteiger charge is -2.25. The SMILES string of the molecule is CCCc1cc(CNC(C)(C)C)cc(OC(C)(C)CC)n1. The van der Waals surface area contributed by atoms with Crippen LogP contribution in [-0.4, -0.2) is 16.1 Å². The van der Waals surface area contributed by atoms with E-state index in [9.17, 15) is 0 Å². The molecule has 0 aliphatic carbocycles. The maximum absolute atomic E-state index is 6.07. The Hall–Kier alpha value is -1.09. The Bertz CT molecular complexity index is 447. The molecule has 3 nitrogen and oxygen atoms in total. The van der Waals surface area contributed by atoms with Gasteiger partial charge in [-0.05, 0) is 59.1 Å². The van der Waals surface area contributed by atoms with Gasteiger partial charge in [0.1, 0.15) is 5.60 Å². The maximum atomic E-state index is 6.07. The molecule has 0 bridgehead atoms. The van der Waals surface area contributed by atoms with E-state index in [1.165, 1.54) is 5.56 Å². The first kappa shape index (κ1) is 18.0. The normalized spacial score (nSPS) is 12.5. The van der Waals surface area contributed by atoms with Crippen LogP contribution >= 0.6 is 0 Å². The second-order valence-corrected chi connectivity index (χ2v) is 7.37. The van der Waals surface area contributed by atoms with E-state index in [-0.39, 0.29) is 11.1 Å². The van der Waals surface area contributed by atoms with Crippen LogP contribution in [0.25, 0.3) is 0 Å². The van der Waals surface area contributed by atoms with Crippen molar-refractivity contribution in [1.82, 2.24) is 10.3 Å². The first-order valence-corrected chi connectivity index (χ1v) is 8.09. The van der Waals surface area contributed by atoms with Crippen molar-refractivity contribution in [3.8, 4) is 5.88 Å². The van der Waals surface area contributed by atoms with Crippen molar-refractivity contribution in [2.45, 2.75) is 85.4 Å². The molecule has 0 unspecified atom stereocenters. The first-order valence-electron chi connectivity index (χ1n) is 8.09. The molecule has 3 heteroatoms. The second kappa shape index (κ2) is 7.26. The van der Waals surface area contributed by atoms with Gasteiger partial charge in [-0.3, -0.25) is 0 Å². The van der Waals surface area contributed by atoms with Gasteiger partial charge >= 0.3 is 0 Å². The van der Waals surface area contributed by atoms with Crippen LogP contribution in [0.15, 0.2) is 12.1 Å². The summed E-state index contributed by atoms with van der Waals surface area (Å²) in [6.07, 6.45) is 3.05. The maximum Gasteiger partial charge on any atom is 0.214 e. The number of rotatable bonds is 7. The average Bonchev–Trinajstić information content (AvgIpc) is 2.35. The third-order valence-corrected chi connectivity index (χ3v) is 3.48. The van der Waals surface area contributed by atoms with Gasteiger partial charge < -0.3 is 10.1 Å². The summed E-state index contributed by atoms with van der Waals surface area (Å²) in [5.74, 6) is 0.749. The number of aryl methyl sites for hydroxylation is 1. The smallest absolute Gasteiger partial charge is 0.214 e. The Morgan fingerprint density at radius 3 is 2.29 bits per heavy atom.